The van der Waals surface area contributed by atoms with Crippen LogP contribution in [0.1, 0.15) is 49.7 Å². The molecule has 0 bridgehead atoms. The van der Waals surface area contributed by atoms with E-state index in [1.165, 1.54) is 6.07 Å². The first kappa shape index (κ1) is 16.9. The van der Waals surface area contributed by atoms with Gasteiger partial charge in [0.15, 0.2) is 0 Å². The zero-order chi connectivity index (χ0) is 15.8. The van der Waals surface area contributed by atoms with Gasteiger partial charge in [0.2, 0.25) is 5.91 Å². The molecule has 0 aliphatic heterocycles. The summed E-state index contributed by atoms with van der Waals surface area (Å²) in [7, 11) is 0. The summed E-state index contributed by atoms with van der Waals surface area (Å²) in [5.74, 6) is 0.0253. The quantitative estimate of drug-likeness (QED) is 0.704. The molecule has 1 heterocycles. The number of nitrogens with zero attached hydrogens (tertiary/aromatic N) is 1. The van der Waals surface area contributed by atoms with Crippen LogP contribution in [0.4, 0.5) is 5.82 Å². The number of carbonyl (C=O) groups excluding carboxylic acids is 2. The van der Waals surface area contributed by atoms with Crippen molar-refractivity contribution in [1.82, 2.24) is 15.6 Å². The van der Waals surface area contributed by atoms with Crippen molar-refractivity contribution in [3.8, 4) is 0 Å². The Morgan fingerprint density at radius 3 is 2.67 bits per heavy atom. The van der Waals surface area contributed by atoms with Crippen LogP contribution in [-0.4, -0.2) is 29.4 Å². The van der Waals surface area contributed by atoms with Crippen molar-refractivity contribution < 1.29 is 9.59 Å². The van der Waals surface area contributed by atoms with Gasteiger partial charge >= 0.3 is 0 Å². The number of carbonyl (C=O) groups is 2. The Balaban J connectivity index is 2.47. The Hall–Kier alpha value is -2.11. The second-order valence-electron chi connectivity index (χ2n) is 5.01. The van der Waals surface area contributed by atoms with E-state index in [4.69, 9.17) is 5.73 Å². The summed E-state index contributed by atoms with van der Waals surface area (Å²) in [6.07, 6.45) is 1.86. The molecule has 21 heavy (non-hydrogen) atoms. The molecule has 1 aromatic heterocycles. The first-order valence-electron chi connectivity index (χ1n) is 7.30. The third-order valence-electron chi connectivity index (χ3n) is 3.18. The smallest absolute Gasteiger partial charge is 0.251 e. The molecule has 0 saturated heterocycles. The monoisotopic (exact) mass is 292 g/mol. The van der Waals surface area contributed by atoms with Crippen LogP contribution in [0.3, 0.4) is 0 Å². The number of hydrogen-bond donors (Lipinski definition) is 3. The summed E-state index contributed by atoms with van der Waals surface area (Å²) >= 11 is 0. The number of anilines is 1. The highest BCUT2D eigenvalue weighted by Gasteiger charge is 2.10. The topological polar surface area (TPSA) is 97.1 Å². The minimum Gasteiger partial charge on any atom is -0.384 e. The lowest BCUT2D eigenvalue weighted by atomic mass is 10.2. The van der Waals surface area contributed by atoms with Gasteiger partial charge in [0.25, 0.3) is 5.91 Å². The molecule has 1 rings (SSSR count). The molecule has 1 unspecified atom stereocenters. The van der Waals surface area contributed by atoms with Crippen LogP contribution in [0, 0.1) is 0 Å². The predicted octanol–water partition coefficient (Wildman–Crippen LogP) is 1.26. The Kier molecular flexibility index (Phi) is 6.65. The van der Waals surface area contributed by atoms with Crippen LogP contribution in [0.5, 0.6) is 0 Å². The van der Waals surface area contributed by atoms with Crippen molar-refractivity contribution in [2.24, 2.45) is 0 Å². The summed E-state index contributed by atoms with van der Waals surface area (Å²) in [5, 5.41) is 5.57. The lowest BCUT2D eigenvalue weighted by Gasteiger charge is -2.11. The normalized spacial score (nSPS) is 11.8. The van der Waals surface area contributed by atoms with Crippen molar-refractivity contribution >= 4 is 17.6 Å². The SMILES string of the molecule is CCc1cc(C(=O)NCCC(=O)NC(C)CC)cc(N)n1. The maximum atomic E-state index is 12.0. The molecular formula is C15H24N4O2. The van der Waals surface area contributed by atoms with Crippen LogP contribution >= 0.6 is 0 Å². The highest BCUT2D eigenvalue weighted by atomic mass is 16.2. The Labute approximate surface area is 125 Å². The number of aryl methyl sites for hydroxylation is 1. The van der Waals surface area contributed by atoms with Gasteiger partial charge in [-0.2, -0.15) is 0 Å². The summed E-state index contributed by atoms with van der Waals surface area (Å²) in [6, 6.07) is 3.40. The average Bonchev–Trinajstić information content (AvgIpc) is 2.46. The number of nitrogen functional groups attached to an aromatic ring is 1. The number of aromatic nitrogens is 1. The van der Waals surface area contributed by atoms with E-state index in [9.17, 15) is 9.59 Å². The van der Waals surface area contributed by atoms with E-state index in [1.807, 2.05) is 20.8 Å². The van der Waals surface area contributed by atoms with Gasteiger partial charge in [-0.05, 0) is 31.9 Å². The van der Waals surface area contributed by atoms with Gasteiger partial charge in [0.05, 0.1) is 0 Å². The molecule has 0 spiro atoms. The summed E-state index contributed by atoms with van der Waals surface area (Å²) < 4.78 is 0. The number of rotatable bonds is 7. The van der Waals surface area contributed by atoms with Crippen molar-refractivity contribution in [2.75, 3.05) is 12.3 Å². The highest BCUT2D eigenvalue weighted by Crippen LogP contribution is 2.08. The van der Waals surface area contributed by atoms with E-state index >= 15 is 0 Å². The minimum atomic E-state index is -0.241. The number of nitrogens with two attached hydrogens (primary N) is 1. The third-order valence-corrected chi connectivity index (χ3v) is 3.18. The van der Waals surface area contributed by atoms with Gasteiger partial charge in [-0.15, -0.1) is 0 Å². The van der Waals surface area contributed by atoms with E-state index in [2.05, 4.69) is 15.6 Å². The third kappa shape index (κ3) is 5.81. The van der Waals surface area contributed by atoms with Crippen LogP contribution in [0.15, 0.2) is 12.1 Å². The minimum absolute atomic E-state index is 0.0619. The second-order valence-corrected chi connectivity index (χ2v) is 5.01. The lowest BCUT2D eigenvalue weighted by Crippen LogP contribution is -2.35. The fraction of sp³-hybridized carbons (Fsp3) is 0.533. The van der Waals surface area contributed by atoms with Gasteiger partial charge in [0, 0.05) is 30.3 Å². The molecule has 0 aromatic carbocycles. The molecule has 6 nitrogen and oxygen atoms in total. The second kappa shape index (κ2) is 8.24. The van der Waals surface area contributed by atoms with Crippen molar-refractivity contribution in [1.29, 1.82) is 0 Å². The maximum Gasteiger partial charge on any atom is 0.251 e. The van der Waals surface area contributed by atoms with Crippen LogP contribution < -0.4 is 16.4 Å². The molecule has 6 heteroatoms. The number of nitrogens with one attached hydrogen (secondary N) is 2. The van der Waals surface area contributed by atoms with Crippen LogP contribution in [0.2, 0.25) is 0 Å². The average molecular weight is 292 g/mol. The summed E-state index contributed by atoms with van der Waals surface area (Å²) in [4.78, 5) is 27.7. The maximum absolute atomic E-state index is 12.0. The molecule has 0 saturated carbocycles. The van der Waals surface area contributed by atoms with E-state index in [1.54, 1.807) is 6.07 Å². The molecule has 0 aliphatic rings. The molecule has 0 aliphatic carbocycles. The molecule has 0 fully saturated rings. The molecular weight excluding hydrogens is 268 g/mol. The van der Waals surface area contributed by atoms with Gasteiger partial charge in [-0.25, -0.2) is 4.98 Å². The molecule has 4 N–H and O–H groups in total. The Bertz CT molecular complexity index is 502. The predicted molar refractivity (Wildman–Crippen MR) is 82.9 cm³/mol. The largest absolute Gasteiger partial charge is 0.384 e. The van der Waals surface area contributed by atoms with E-state index in [0.29, 0.717) is 24.3 Å². The van der Waals surface area contributed by atoms with Gasteiger partial charge < -0.3 is 16.4 Å². The zero-order valence-electron chi connectivity index (χ0n) is 12.9. The van der Waals surface area contributed by atoms with Crippen LogP contribution in [-0.2, 0) is 11.2 Å². The van der Waals surface area contributed by atoms with E-state index in [0.717, 1.165) is 12.1 Å². The summed E-state index contributed by atoms with van der Waals surface area (Å²) in [5.41, 5.74) is 6.91. The highest BCUT2D eigenvalue weighted by molar-refractivity contribution is 5.95. The fourth-order valence-corrected chi connectivity index (χ4v) is 1.76. The lowest BCUT2D eigenvalue weighted by molar-refractivity contribution is -0.121. The first-order valence-corrected chi connectivity index (χ1v) is 7.30. The molecule has 2 amide bonds. The van der Waals surface area contributed by atoms with Crippen molar-refractivity contribution in [2.45, 2.75) is 46.1 Å². The molecule has 0 radical (unpaired) electrons. The summed E-state index contributed by atoms with van der Waals surface area (Å²) in [6.45, 7) is 6.20. The first-order chi connectivity index (χ1) is 9.96. The molecule has 1 atom stereocenters. The van der Waals surface area contributed by atoms with E-state index < -0.39 is 0 Å². The van der Waals surface area contributed by atoms with Crippen molar-refractivity contribution in [3.05, 3.63) is 23.4 Å². The number of pyridine rings is 1. The Morgan fingerprint density at radius 1 is 1.33 bits per heavy atom. The van der Waals surface area contributed by atoms with Crippen LogP contribution in [0.25, 0.3) is 0 Å². The zero-order valence-corrected chi connectivity index (χ0v) is 12.9. The van der Waals surface area contributed by atoms with Gasteiger partial charge in [-0.1, -0.05) is 13.8 Å². The van der Waals surface area contributed by atoms with Crippen molar-refractivity contribution in [3.63, 3.8) is 0 Å². The molecule has 1 aromatic rings. The Morgan fingerprint density at radius 2 is 2.05 bits per heavy atom. The van der Waals surface area contributed by atoms with Gasteiger partial charge in [-0.3, -0.25) is 9.59 Å². The fourth-order valence-electron chi connectivity index (χ4n) is 1.76. The number of hydrogen-bond acceptors (Lipinski definition) is 4. The standard InChI is InChI=1S/C15H24N4O2/c1-4-10(3)18-14(20)6-7-17-15(21)11-8-12(5-2)19-13(16)9-11/h8-10H,4-7H2,1-3H3,(H2,16,19)(H,17,21)(H,18,20). The number of amides is 2. The van der Waals surface area contributed by atoms with E-state index in [-0.39, 0.29) is 24.3 Å². The molecule has 116 valence electrons. The van der Waals surface area contributed by atoms with Gasteiger partial charge in [0.1, 0.15) is 5.82 Å².